The monoisotopic (exact) mass is 304 g/mol. The third-order valence-electron chi connectivity index (χ3n) is 2.23. The molecule has 0 aliphatic carbocycles. The van der Waals surface area contributed by atoms with Crippen molar-refractivity contribution in [3.8, 4) is 5.75 Å². The van der Waals surface area contributed by atoms with Crippen molar-refractivity contribution >= 4 is 5.97 Å². The van der Waals surface area contributed by atoms with Gasteiger partial charge in [0.1, 0.15) is 11.6 Å². The van der Waals surface area contributed by atoms with Gasteiger partial charge in [-0.25, -0.2) is 9.18 Å². The van der Waals surface area contributed by atoms with E-state index in [2.05, 4.69) is 4.74 Å². The van der Waals surface area contributed by atoms with Gasteiger partial charge in [-0.15, -0.1) is 0 Å². The van der Waals surface area contributed by atoms with Crippen LogP contribution in [0.15, 0.2) is 24.3 Å². The number of ether oxygens (including phenoxy) is 1. The molecule has 0 atom stereocenters. The van der Waals surface area contributed by atoms with Crippen LogP contribution in [0.2, 0.25) is 0 Å². The number of hydrogen-bond acceptors (Lipinski definition) is 2. The van der Waals surface area contributed by atoms with E-state index in [1.165, 1.54) is 0 Å². The molecule has 0 saturated heterocycles. The van der Waals surface area contributed by atoms with E-state index in [9.17, 15) is 35.5 Å². The summed E-state index contributed by atoms with van der Waals surface area (Å²) in [4.78, 5) is 10.9. The number of esters is 1. The predicted octanol–water partition coefficient (Wildman–Crippen LogP) is 3.66. The average molecular weight is 304 g/mol. The Labute approximate surface area is 108 Å². The first-order valence-electron chi connectivity index (χ1n) is 5.01. The lowest BCUT2D eigenvalue weighted by Gasteiger charge is -2.28. The van der Waals surface area contributed by atoms with Gasteiger partial charge in [0.15, 0.2) is 0 Å². The highest BCUT2D eigenvalue weighted by molar-refractivity contribution is 5.81. The second kappa shape index (κ2) is 4.95. The molecule has 1 rings (SSSR count). The Kier molecular flexibility index (Phi) is 4.02. The number of benzene rings is 1. The van der Waals surface area contributed by atoms with Crippen LogP contribution in [0, 0.1) is 5.82 Å². The van der Waals surface area contributed by atoms with E-state index in [-0.39, 0.29) is 0 Å². The Morgan fingerprint density at radius 1 is 1.00 bits per heavy atom. The average Bonchev–Trinajstić information content (AvgIpc) is 2.30. The molecule has 0 fully saturated rings. The van der Waals surface area contributed by atoms with Crippen molar-refractivity contribution < 1.29 is 40.3 Å². The van der Waals surface area contributed by atoms with Gasteiger partial charge in [-0.1, -0.05) is 0 Å². The van der Waals surface area contributed by atoms with E-state index in [0.717, 1.165) is 0 Å². The van der Waals surface area contributed by atoms with Gasteiger partial charge in [-0.2, -0.15) is 26.3 Å². The molecule has 0 spiro atoms. The van der Waals surface area contributed by atoms with Crippen LogP contribution >= 0.6 is 0 Å². The summed E-state index contributed by atoms with van der Waals surface area (Å²) in [6.45, 7) is -0.452. The molecule has 1 aromatic carbocycles. The molecule has 0 aliphatic rings. The van der Waals surface area contributed by atoms with E-state index in [4.69, 9.17) is 0 Å². The number of hydrogen-bond donors (Lipinski definition) is 0. The lowest BCUT2D eigenvalue weighted by Crippen LogP contribution is -2.57. The van der Waals surface area contributed by atoms with Gasteiger partial charge in [-0.3, -0.25) is 0 Å². The molecule has 0 amide bonds. The summed E-state index contributed by atoms with van der Waals surface area (Å²) in [5, 5.41) is 0. The van der Waals surface area contributed by atoms with Gasteiger partial charge in [0.2, 0.25) is 0 Å². The van der Waals surface area contributed by atoms with Crippen molar-refractivity contribution in [3.63, 3.8) is 0 Å². The molecule has 0 saturated carbocycles. The molecule has 0 radical (unpaired) electrons. The number of alkyl halides is 6. The van der Waals surface area contributed by atoms with Crippen molar-refractivity contribution in [3.05, 3.63) is 30.1 Å². The third-order valence-corrected chi connectivity index (χ3v) is 2.23. The predicted molar refractivity (Wildman–Crippen MR) is 52.6 cm³/mol. The zero-order chi connectivity index (χ0) is 15.8. The number of rotatable bonds is 4. The van der Waals surface area contributed by atoms with E-state index in [0.29, 0.717) is 24.3 Å². The largest absolute Gasteiger partial charge is 0.422 e. The standard InChI is InChI=1S/C11H7F7O2/c1-9(13,14)11(17,18)10(15,16)8(19)20-7-4-2-6(12)3-5-7/h2-5H,1H3. The second-order valence-electron chi connectivity index (χ2n) is 3.88. The first kappa shape index (κ1) is 16.3. The van der Waals surface area contributed by atoms with Crippen molar-refractivity contribution in [2.75, 3.05) is 0 Å². The van der Waals surface area contributed by atoms with Gasteiger partial charge in [0, 0.05) is 6.92 Å². The summed E-state index contributed by atoms with van der Waals surface area (Å²) < 4.78 is 93.1. The van der Waals surface area contributed by atoms with Crippen molar-refractivity contribution in [2.24, 2.45) is 0 Å². The fraction of sp³-hybridized carbons (Fsp3) is 0.364. The molecule has 9 heteroatoms. The van der Waals surface area contributed by atoms with E-state index >= 15 is 0 Å². The lowest BCUT2D eigenvalue weighted by atomic mass is 10.1. The maximum atomic E-state index is 13.1. The summed E-state index contributed by atoms with van der Waals surface area (Å²) >= 11 is 0. The van der Waals surface area contributed by atoms with Crippen LogP contribution in [0.25, 0.3) is 0 Å². The van der Waals surface area contributed by atoms with Crippen LogP contribution in [-0.4, -0.2) is 23.7 Å². The summed E-state index contributed by atoms with van der Waals surface area (Å²) in [5.74, 6) is -21.2. The minimum atomic E-state index is -5.93. The van der Waals surface area contributed by atoms with Crippen molar-refractivity contribution in [2.45, 2.75) is 24.7 Å². The number of carbonyl (C=O) groups is 1. The Morgan fingerprint density at radius 2 is 1.45 bits per heavy atom. The zero-order valence-corrected chi connectivity index (χ0v) is 9.77. The molecule has 0 bridgehead atoms. The topological polar surface area (TPSA) is 26.3 Å². The van der Waals surface area contributed by atoms with E-state index < -0.39 is 42.2 Å². The van der Waals surface area contributed by atoms with Crippen LogP contribution in [0.5, 0.6) is 5.75 Å². The van der Waals surface area contributed by atoms with Gasteiger partial charge < -0.3 is 4.74 Å². The quantitative estimate of drug-likeness (QED) is 0.482. The molecule has 112 valence electrons. The van der Waals surface area contributed by atoms with Crippen LogP contribution in [-0.2, 0) is 4.79 Å². The van der Waals surface area contributed by atoms with E-state index in [1.807, 2.05) is 0 Å². The van der Waals surface area contributed by atoms with Crippen LogP contribution < -0.4 is 4.74 Å². The van der Waals surface area contributed by atoms with Crippen LogP contribution in [0.1, 0.15) is 6.92 Å². The smallest absolute Gasteiger partial charge is 0.411 e. The molecule has 20 heavy (non-hydrogen) atoms. The molecule has 0 aliphatic heterocycles. The van der Waals surface area contributed by atoms with Crippen LogP contribution in [0.4, 0.5) is 30.7 Å². The minimum Gasteiger partial charge on any atom is -0.422 e. The highest BCUT2D eigenvalue weighted by Crippen LogP contribution is 2.46. The third kappa shape index (κ3) is 2.86. The highest BCUT2D eigenvalue weighted by atomic mass is 19.3. The molecule has 0 heterocycles. The summed E-state index contributed by atoms with van der Waals surface area (Å²) in [6.07, 6.45) is 0. The summed E-state index contributed by atoms with van der Waals surface area (Å²) in [5.41, 5.74) is 0. The van der Waals surface area contributed by atoms with Crippen LogP contribution in [0.3, 0.4) is 0 Å². The minimum absolute atomic E-state index is 0.452. The van der Waals surface area contributed by atoms with Crippen molar-refractivity contribution in [1.82, 2.24) is 0 Å². The summed E-state index contributed by atoms with van der Waals surface area (Å²) in [6, 6.07) is 2.80. The fourth-order valence-corrected chi connectivity index (χ4v) is 1.08. The number of carbonyl (C=O) groups excluding carboxylic acids is 1. The molecular weight excluding hydrogens is 297 g/mol. The lowest BCUT2D eigenvalue weighted by molar-refractivity contribution is -0.296. The number of halogens is 7. The first-order chi connectivity index (χ1) is 8.89. The highest BCUT2D eigenvalue weighted by Gasteiger charge is 2.74. The fourth-order valence-electron chi connectivity index (χ4n) is 1.08. The molecular formula is C11H7F7O2. The molecule has 2 nitrogen and oxygen atoms in total. The molecule has 0 aromatic heterocycles. The van der Waals surface area contributed by atoms with E-state index in [1.54, 1.807) is 0 Å². The van der Waals surface area contributed by atoms with Gasteiger partial charge >= 0.3 is 23.7 Å². The molecule has 0 N–H and O–H groups in total. The Balaban J connectivity index is 2.98. The SMILES string of the molecule is CC(F)(F)C(F)(F)C(F)(F)C(=O)Oc1ccc(F)cc1. The Morgan fingerprint density at radius 3 is 1.85 bits per heavy atom. The zero-order valence-electron chi connectivity index (χ0n) is 9.77. The van der Waals surface area contributed by atoms with Crippen molar-refractivity contribution in [1.29, 1.82) is 0 Å². The maximum Gasteiger partial charge on any atom is 0.411 e. The first-order valence-corrected chi connectivity index (χ1v) is 5.01. The molecule has 0 unspecified atom stereocenters. The summed E-state index contributed by atoms with van der Waals surface area (Å²) in [7, 11) is 0. The molecule has 1 aromatic rings. The van der Waals surface area contributed by atoms with Gasteiger partial charge in [0.25, 0.3) is 0 Å². The van der Waals surface area contributed by atoms with Gasteiger partial charge in [0.05, 0.1) is 0 Å². The second-order valence-corrected chi connectivity index (χ2v) is 3.88. The Hall–Kier alpha value is -1.80. The van der Waals surface area contributed by atoms with Gasteiger partial charge in [-0.05, 0) is 24.3 Å². The normalized spacial score (nSPS) is 13.2. The Bertz CT molecular complexity index is 490. The maximum absolute atomic E-state index is 13.1.